The van der Waals surface area contributed by atoms with Gasteiger partial charge in [-0.2, -0.15) is 0 Å². The van der Waals surface area contributed by atoms with Gasteiger partial charge >= 0.3 is 7.48 Å². The molecular weight excluding hydrogens is 229 g/mol. The largest absolute Gasteiger partial charge is 0.433 e. The van der Waals surface area contributed by atoms with Crippen LogP contribution in [0.1, 0.15) is 47.0 Å². The summed E-state index contributed by atoms with van der Waals surface area (Å²) in [5.74, 6) is 0.192. The van der Waals surface area contributed by atoms with Gasteiger partial charge in [-0.3, -0.25) is 4.79 Å². The fraction of sp³-hybridized carbons (Fsp3) is 0.923. The molecule has 1 radical (unpaired) electrons. The van der Waals surface area contributed by atoms with Crippen LogP contribution >= 0.6 is 0 Å². The lowest BCUT2D eigenvalue weighted by Gasteiger charge is -2.45. The lowest BCUT2D eigenvalue weighted by atomic mass is 9.65. The highest BCUT2D eigenvalue weighted by molar-refractivity contribution is 6.28. The third-order valence-electron chi connectivity index (χ3n) is 4.02. The molecule has 0 spiro atoms. The molecule has 0 saturated heterocycles. The zero-order valence-corrected chi connectivity index (χ0v) is 11.9. The Balaban J connectivity index is 2.41. The first-order chi connectivity index (χ1) is 8.38. The summed E-state index contributed by atoms with van der Waals surface area (Å²) in [6.45, 7) is 8.00. The van der Waals surface area contributed by atoms with E-state index in [0.29, 0.717) is 6.44 Å². The van der Waals surface area contributed by atoms with E-state index in [1.165, 1.54) is 6.92 Å². The molecule has 18 heavy (non-hydrogen) atoms. The van der Waals surface area contributed by atoms with E-state index >= 15 is 0 Å². The summed E-state index contributed by atoms with van der Waals surface area (Å²) in [7, 11) is 1.58. The van der Waals surface area contributed by atoms with E-state index in [0.717, 1.165) is 19.3 Å². The Labute approximate surface area is 111 Å². The van der Waals surface area contributed by atoms with Crippen LogP contribution in [0.3, 0.4) is 0 Å². The van der Waals surface area contributed by atoms with Crippen molar-refractivity contribution in [3.63, 3.8) is 0 Å². The zero-order valence-electron chi connectivity index (χ0n) is 11.9. The zero-order chi connectivity index (χ0) is 13.8. The van der Waals surface area contributed by atoms with Crippen LogP contribution in [-0.4, -0.2) is 37.1 Å². The number of hydrogen-bond acceptors (Lipinski definition) is 3. The molecule has 5 heteroatoms. The fourth-order valence-electron chi connectivity index (χ4n) is 2.89. The predicted octanol–water partition coefficient (Wildman–Crippen LogP) is 1.29. The number of amides is 1. The summed E-state index contributed by atoms with van der Waals surface area (Å²) in [5.41, 5.74) is 0.172. The van der Waals surface area contributed by atoms with E-state index < -0.39 is 6.10 Å². The van der Waals surface area contributed by atoms with Crippen LogP contribution in [0.25, 0.3) is 0 Å². The maximum absolute atomic E-state index is 10.7. The van der Waals surface area contributed by atoms with Crippen LogP contribution in [0.15, 0.2) is 0 Å². The Morgan fingerprint density at radius 1 is 1.56 bits per heavy atom. The molecule has 1 saturated carbocycles. The SMILES string of the molecule is CCC1C(O)C(O[B]CNC(C)=O)CCC1(C)C. The topological polar surface area (TPSA) is 58.6 Å². The van der Waals surface area contributed by atoms with Crippen LogP contribution in [0.2, 0.25) is 0 Å². The van der Waals surface area contributed by atoms with Crippen molar-refractivity contribution in [2.45, 2.75) is 59.2 Å². The quantitative estimate of drug-likeness (QED) is 0.574. The lowest BCUT2D eigenvalue weighted by Crippen LogP contribution is -2.48. The summed E-state index contributed by atoms with van der Waals surface area (Å²) < 4.78 is 5.58. The third kappa shape index (κ3) is 3.99. The molecule has 1 fully saturated rings. The Morgan fingerprint density at radius 2 is 2.22 bits per heavy atom. The molecule has 1 aliphatic carbocycles. The normalized spacial score (nSPS) is 30.8. The Kier molecular flexibility index (Phi) is 5.66. The van der Waals surface area contributed by atoms with E-state index in [2.05, 4.69) is 26.1 Å². The highest BCUT2D eigenvalue weighted by Gasteiger charge is 2.42. The second kappa shape index (κ2) is 6.57. The standard InChI is InChI=1S/C13H25BNO3/c1-5-10-12(17)11(6-7-13(10,3)4)18-14-8-15-9(2)16/h10-12,17H,5-8H2,1-4H3,(H,15,16). The van der Waals surface area contributed by atoms with Crippen LogP contribution < -0.4 is 5.32 Å². The number of rotatable bonds is 5. The first-order valence-electron chi connectivity index (χ1n) is 6.78. The van der Waals surface area contributed by atoms with Gasteiger partial charge < -0.3 is 15.1 Å². The summed E-state index contributed by atoms with van der Waals surface area (Å²) >= 11 is 0. The Hall–Kier alpha value is -0.545. The average molecular weight is 254 g/mol. The van der Waals surface area contributed by atoms with Gasteiger partial charge in [0.05, 0.1) is 12.2 Å². The molecule has 0 aromatic carbocycles. The van der Waals surface area contributed by atoms with Gasteiger partial charge in [0.25, 0.3) is 0 Å². The molecular formula is C13H25BNO3. The number of aliphatic hydroxyl groups is 1. The molecule has 1 amide bonds. The summed E-state index contributed by atoms with van der Waals surface area (Å²) in [6, 6.07) is 0. The summed E-state index contributed by atoms with van der Waals surface area (Å²) in [4.78, 5) is 10.7. The smallest absolute Gasteiger partial charge is 0.313 e. The number of hydrogen-bond donors (Lipinski definition) is 2. The van der Waals surface area contributed by atoms with Gasteiger partial charge in [-0.1, -0.05) is 27.2 Å². The minimum absolute atomic E-state index is 0.0772. The molecule has 0 aliphatic heterocycles. The fourth-order valence-corrected chi connectivity index (χ4v) is 2.89. The van der Waals surface area contributed by atoms with Crippen LogP contribution in [0.4, 0.5) is 0 Å². The van der Waals surface area contributed by atoms with Crippen molar-refractivity contribution in [2.24, 2.45) is 11.3 Å². The molecule has 3 unspecified atom stereocenters. The number of nitrogens with one attached hydrogen (secondary N) is 1. The van der Waals surface area contributed by atoms with Gasteiger partial charge in [0.15, 0.2) is 0 Å². The highest BCUT2D eigenvalue weighted by Crippen LogP contribution is 2.43. The summed E-state index contributed by atoms with van der Waals surface area (Å²) in [6.07, 6.45) is 2.70. The van der Waals surface area contributed by atoms with Crippen LogP contribution in [-0.2, 0) is 9.45 Å². The van der Waals surface area contributed by atoms with Gasteiger partial charge in [0.2, 0.25) is 5.91 Å². The van der Waals surface area contributed by atoms with E-state index in [1.807, 2.05) is 0 Å². The number of carbonyl (C=O) groups excluding carboxylic acids is 1. The molecule has 1 aliphatic rings. The van der Waals surface area contributed by atoms with Crippen LogP contribution in [0.5, 0.6) is 0 Å². The first kappa shape index (κ1) is 15.5. The van der Waals surface area contributed by atoms with Gasteiger partial charge in [-0.15, -0.1) is 0 Å². The Bertz CT molecular complexity index is 283. The van der Waals surface area contributed by atoms with Crippen molar-refractivity contribution in [3.8, 4) is 0 Å². The molecule has 0 bridgehead atoms. The van der Waals surface area contributed by atoms with E-state index in [-0.39, 0.29) is 23.3 Å². The molecule has 4 nitrogen and oxygen atoms in total. The van der Waals surface area contributed by atoms with E-state index in [1.54, 1.807) is 7.48 Å². The molecule has 0 aromatic heterocycles. The van der Waals surface area contributed by atoms with Crippen molar-refractivity contribution in [2.75, 3.05) is 6.44 Å². The minimum Gasteiger partial charge on any atom is -0.433 e. The maximum atomic E-state index is 10.7. The second-order valence-corrected chi connectivity index (χ2v) is 5.81. The highest BCUT2D eigenvalue weighted by atomic mass is 16.5. The van der Waals surface area contributed by atoms with Crippen molar-refractivity contribution >= 4 is 13.4 Å². The van der Waals surface area contributed by atoms with Crippen molar-refractivity contribution in [1.82, 2.24) is 5.32 Å². The predicted molar refractivity (Wildman–Crippen MR) is 72.1 cm³/mol. The average Bonchev–Trinajstić information content (AvgIpc) is 2.26. The third-order valence-corrected chi connectivity index (χ3v) is 4.02. The van der Waals surface area contributed by atoms with Crippen molar-refractivity contribution in [3.05, 3.63) is 0 Å². The van der Waals surface area contributed by atoms with Gasteiger partial charge in [0, 0.05) is 13.4 Å². The molecule has 103 valence electrons. The molecule has 0 aromatic rings. The molecule has 0 heterocycles. The van der Waals surface area contributed by atoms with Crippen molar-refractivity contribution < 1.29 is 14.6 Å². The van der Waals surface area contributed by atoms with Crippen molar-refractivity contribution in [1.29, 1.82) is 0 Å². The second-order valence-electron chi connectivity index (χ2n) is 5.81. The number of carbonyl (C=O) groups is 1. The Morgan fingerprint density at radius 3 is 2.78 bits per heavy atom. The maximum Gasteiger partial charge on any atom is 0.313 e. The van der Waals surface area contributed by atoms with Gasteiger partial charge in [-0.05, 0) is 24.2 Å². The number of aliphatic hydroxyl groups excluding tert-OH is 1. The van der Waals surface area contributed by atoms with Gasteiger partial charge in [-0.25, -0.2) is 0 Å². The monoisotopic (exact) mass is 254 g/mol. The summed E-state index contributed by atoms with van der Waals surface area (Å²) in [5, 5.41) is 13.0. The van der Waals surface area contributed by atoms with E-state index in [4.69, 9.17) is 4.65 Å². The van der Waals surface area contributed by atoms with E-state index in [9.17, 15) is 9.90 Å². The molecule has 3 atom stereocenters. The lowest BCUT2D eigenvalue weighted by molar-refractivity contribution is -0.118. The molecule has 1 rings (SSSR count). The minimum atomic E-state index is -0.424. The first-order valence-corrected chi connectivity index (χ1v) is 6.78. The van der Waals surface area contributed by atoms with Crippen LogP contribution in [0, 0.1) is 11.3 Å². The molecule has 2 N–H and O–H groups in total. The van der Waals surface area contributed by atoms with Gasteiger partial charge in [0.1, 0.15) is 0 Å².